The van der Waals surface area contributed by atoms with Gasteiger partial charge in [-0.05, 0) is 23.8 Å². The molecule has 1 fully saturated rings. The smallest absolute Gasteiger partial charge is 0.142 e. The van der Waals surface area contributed by atoms with E-state index in [1.165, 1.54) is 5.56 Å². The van der Waals surface area contributed by atoms with E-state index in [4.69, 9.17) is 16.6 Å². The van der Waals surface area contributed by atoms with Gasteiger partial charge in [-0.3, -0.25) is 9.88 Å². The van der Waals surface area contributed by atoms with Gasteiger partial charge >= 0.3 is 0 Å². The van der Waals surface area contributed by atoms with Gasteiger partial charge in [-0.1, -0.05) is 35.9 Å². The molecule has 1 aromatic carbocycles. The van der Waals surface area contributed by atoms with E-state index in [9.17, 15) is 0 Å². The quantitative estimate of drug-likeness (QED) is 0.753. The Bertz CT molecular complexity index is 836. The summed E-state index contributed by atoms with van der Waals surface area (Å²) in [5.41, 5.74) is 3.20. The second-order valence-electron chi connectivity index (χ2n) is 6.07. The van der Waals surface area contributed by atoms with Crippen molar-refractivity contribution in [2.75, 3.05) is 19.6 Å². The number of thiazole rings is 1. The van der Waals surface area contributed by atoms with E-state index < -0.39 is 0 Å². The SMILES string of the molecule is Clc1ccccc1C1CNCCN1Cc1csc(-c2ccccn2)n1. The normalized spacial score (nSPS) is 18.4. The molecule has 0 radical (unpaired) electrons. The van der Waals surface area contributed by atoms with E-state index >= 15 is 0 Å². The van der Waals surface area contributed by atoms with Crippen LogP contribution in [0.2, 0.25) is 5.02 Å². The van der Waals surface area contributed by atoms with Crippen molar-refractivity contribution in [2.45, 2.75) is 12.6 Å². The lowest BCUT2D eigenvalue weighted by atomic mass is 10.0. The molecular weight excluding hydrogens is 352 g/mol. The summed E-state index contributed by atoms with van der Waals surface area (Å²) in [7, 11) is 0. The van der Waals surface area contributed by atoms with E-state index in [2.05, 4.69) is 32.7 Å². The van der Waals surface area contributed by atoms with E-state index in [1.54, 1.807) is 17.5 Å². The van der Waals surface area contributed by atoms with Crippen molar-refractivity contribution >= 4 is 22.9 Å². The highest BCUT2D eigenvalue weighted by molar-refractivity contribution is 7.13. The Hall–Kier alpha value is -1.79. The van der Waals surface area contributed by atoms with E-state index in [0.717, 1.165) is 47.6 Å². The van der Waals surface area contributed by atoms with Crippen LogP contribution >= 0.6 is 22.9 Å². The van der Waals surface area contributed by atoms with Crippen molar-refractivity contribution in [3.05, 3.63) is 70.3 Å². The maximum atomic E-state index is 6.43. The van der Waals surface area contributed by atoms with Gasteiger partial charge in [0.15, 0.2) is 0 Å². The maximum absolute atomic E-state index is 6.43. The van der Waals surface area contributed by atoms with Gasteiger partial charge in [0.05, 0.1) is 11.4 Å². The highest BCUT2D eigenvalue weighted by Crippen LogP contribution is 2.30. The van der Waals surface area contributed by atoms with Gasteiger partial charge in [-0.25, -0.2) is 4.98 Å². The van der Waals surface area contributed by atoms with Crippen LogP contribution in [0.1, 0.15) is 17.3 Å². The summed E-state index contributed by atoms with van der Waals surface area (Å²) in [6, 6.07) is 14.3. The molecule has 3 heterocycles. The molecule has 1 aliphatic rings. The molecule has 0 aliphatic carbocycles. The standard InChI is InChI=1S/C19H19ClN4S/c20-16-6-2-1-5-15(16)18-11-21-9-10-24(18)12-14-13-25-19(23-14)17-7-3-4-8-22-17/h1-8,13,18,21H,9-12H2. The zero-order valence-electron chi connectivity index (χ0n) is 13.7. The Morgan fingerprint density at radius 3 is 2.92 bits per heavy atom. The largest absolute Gasteiger partial charge is 0.314 e. The molecule has 25 heavy (non-hydrogen) atoms. The lowest BCUT2D eigenvalue weighted by Gasteiger charge is -2.36. The number of hydrogen-bond donors (Lipinski definition) is 1. The molecule has 1 unspecified atom stereocenters. The summed E-state index contributed by atoms with van der Waals surface area (Å²) in [4.78, 5) is 11.6. The first-order valence-corrected chi connectivity index (χ1v) is 9.62. The van der Waals surface area contributed by atoms with Gasteiger partial charge in [-0.15, -0.1) is 11.3 Å². The molecule has 0 spiro atoms. The van der Waals surface area contributed by atoms with E-state index in [0.29, 0.717) is 0 Å². The number of nitrogens with zero attached hydrogens (tertiary/aromatic N) is 3. The number of benzene rings is 1. The van der Waals surface area contributed by atoms with Crippen molar-refractivity contribution in [1.29, 1.82) is 0 Å². The number of halogens is 1. The van der Waals surface area contributed by atoms with Gasteiger partial charge in [0.2, 0.25) is 0 Å². The fourth-order valence-electron chi connectivity index (χ4n) is 3.18. The predicted octanol–water partition coefficient (Wildman–Crippen LogP) is 4.01. The first kappa shape index (κ1) is 16.7. The predicted molar refractivity (Wildman–Crippen MR) is 103 cm³/mol. The van der Waals surface area contributed by atoms with Crippen LogP contribution < -0.4 is 5.32 Å². The molecule has 1 N–H and O–H groups in total. The third-order valence-corrected chi connectivity index (χ3v) is 5.68. The molecule has 4 rings (SSSR count). The number of piperazine rings is 1. The van der Waals surface area contributed by atoms with Crippen LogP contribution in [0.4, 0.5) is 0 Å². The van der Waals surface area contributed by atoms with Gasteiger partial charge in [0.25, 0.3) is 0 Å². The Labute approximate surface area is 156 Å². The van der Waals surface area contributed by atoms with E-state index in [1.807, 2.05) is 30.3 Å². The Morgan fingerprint density at radius 2 is 2.08 bits per heavy atom. The van der Waals surface area contributed by atoms with Gasteiger partial charge in [-0.2, -0.15) is 0 Å². The van der Waals surface area contributed by atoms with Crippen molar-refractivity contribution in [3.8, 4) is 10.7 Å². The molecule has 1 atom stereocenters. The maximum Gasteiger partial charge on any atom is 0.142 e. The number of rotatable bonds is 4. The Kier molecular flexibility index (Phi) is 5.08. The van der Waals surface area contributed by atoms with Crippen LogP contribution in [0.25, 0.3) is 10.7 Å². The minimum atomic E-state index is 0.266. The first-order valence-electron chi connectivity index (χ1n) is 8.36. The fraction of sp³-hybridized carbons (Fsp3) is 0.263. The lowest BCUT2D eigenvalue weighted by Crippen LogP contribution is -2.45. The number of hydrogen-bond acceptors (Lipinski definition) is 5. The summed E-state index contributed by atoms with van der Waals surface area (Å²) in [5.74, 6) is 0. The Morgan fingerprint density at radius 1 is 1.20 bits per heavy atom. The summed E-state index contributed by atoms with van der Waals surface area (Å²) in [5, 5.41) is 7.41. The summed E-state index contributed by atoms with van der Waals surface area (Å²) in [6.45, 7) is 3.69. The van der Waals surface area contributed by atoms with Crippen LogP contribution in [-0.4, -0.2) is 34.5 Å². The summed E-state index contributed by atoms with van der Waals surface area (Å²) >= 11 is 8.08. The van der Waals surface area contributed by atoms with Crippen LogP contribution in [0.3, 0.4) is 0 Å². The molecule has 0 saturated carbocycles. The minimum Gasteiger partial charge on any atom is -0.314 e. The molecule has 3 aromatic rings. The van der Waals surface area contributed by atoms with Crippen molar-refractivity contribution in [1.82, 2.24) is 20.2 Å². The van der Waals surface area contributed by atoms with Crippen LogP contribution in [0, 0.1) is 0 Å². The van der Waals surface area contributed by atoms with Crippen LogP contribution in [0.15, 0.2) is 54.0 Å². The second kappa shape index (κ2) is 7.62. The van der Waals surface area contributed by atoms with Crippen LogP contribution in [0.5, 0.6) is 0 Å². The molecule has 128 valence electrons. The monoisotopic (exact) mass is 370 g/mol. The zero-order valence-corrected chi connectivity index (χ0v) is 15.3. The minimum absolute atomic E-state index is 0.266. The van der Waals surface area contributed by atoms with Crippen LogP contribution in [-0.2, 0) is 6.54 Å². The third-order valence-electron chi connectivity index (χ3n) is 4.42. The highest BCUT2D eigenvalue weighted by Gasteiger charge is 2.26. The lowest BCUT2D eigenvalue weighted by molar-refractivity contribution is 0.152. The number of nitrogens with one attached hydrogen (secondary N) is 1. The fourth-order valence-corrected chi connectivity index (χ4v) is 4.23. The average molecular weight is 371 g/mol. The average Bonchev–Trinajstić information content (AvgIpc) is 3.12. The third kappa shape index (κ3) is 3.75. The highest BCUT2D eigenvalue weighted by atomic mass is 35.5. The molecule has 0 bridgehead atoms. The summed E-state index contributed by atoms with van der Waals surface area (Å²) in [6.07, 6.45) is 1.81. The molecule has 2 aromatic heterocycles. The number of pyridine rings is 1. The van der Waals surface area contributed by atoms with Crippen molar-refractivity contribution in [3.63, 3.8) is 0 Å². The molecular formula is C19H19ClN4S. The Balaban J connectivity index is 1.55. The number of aromatic nitrogens is 2. The second-order valence-corrected chi connectivity index (χ2v) is 7.34. The molecule has 4 nitrogen and oxygen atoms in total. The van der Waals surface area contributed by atoms with E-state index in [-0.39, 0.29) is 6.04 Å². The van der Waals surface area contributed by atoms with Gasteiger partial charge < -0.3 is 5.32 Å². The molecule has 1 saturated heterocycles. The van der Waals surface area contributed by atoms with Crippen molar-refractivity contribution in [2.24, 2.45) is 0 Å². The molecule has 6 heteroatoms. The summed E-state index contributed by atoms with van der Waals surface area (Å²) < 4.78 is 0. The topological polar surface area (TPSA) is 41.0 Å². The molecule has 0 amide bonds. The van der Waals surface area contributed by atoms with Crippen molar-refractivity contribution < 1.29 is 0 Å². The molecule has 1 aliphatic heterocycles. The zero-order chi connectivity index (χ0) is 17.1. The van der Waals surface area contributed by atoms with Gasteiger partial charge in [0.1, 0.15) is 5.01 Å². The van der Waals surface area contributed by atoms with Gasteiger partial charge in [0, 0.05) is 48.8 Å². The first-order chi connectivity index (χ1) is 12.3.